The van der Waals surface area contributed by atoms with Gasteiger partial charge in [-0.1, -0.05) is 42.5 Å². The summed E-state index contributed by atoms with van der Waals surface area (Å²) in [5.41, 5.74) is 0.133. The van der Waals surface area contributed by atoms with Crippen LogP contribution in [0.2, 0.25) is 0 Å². The second-order valence-corrected chi connectivity index (χ2v) is 4.13. The van der Waals surface area contributed by atoms with E-state index in [4.69, 9.17) is 5.26 Å². The van der Waals surface area contributed by atoms with Crippen LogP contribution in [0.1, 0.15) is 22.8 Å². The lowest BCUT2D eigenvalue weighted by molar-refractivity contribution is -0.117. The van der Waals surface area contributed by atoms with Crippen molar-refractivity contribution >= 4 is 0 Å². The van der Waals surface area contributed by atoms with Gasteiger partial charge >= 0.3 is 5.92 Å². The van der Waals surface area contributed by atoms with Crippen LogP contribution in [0.5, 0.6) is 0 Å². The van der Waals surface area contributed by atoms with E-state index in [0.29, 0.717) is 5.56 Å². The minimum Gasteiger partial charge on any atom is -0.382 e. The molecule has 0 heterocycles. The molecule has 0 amide bonds. The second kappa shape index (κ2) is 5.17. The van der Waals surface area contributed by atoms with Gasteiger partial charge in [0.2, 0.25) is 0 Å². The Labute approximate surface area is 109 Å². The van der Waals surface area contributed by atoms with Crippen molar-refractivity contribution < 1.29 is 13.9 Å². The molecule has 96 valence electrons. The van der Waals surface area contributed by atoms with Crippen molar-refractivity contribution in [1.29, 1.82) is 5.26 Å². The van der Waals surface area contributed by atoms with Gasteiger partial charge in [0.25, 0.3) is 0 Å². The number of aliphatic hydroxyl groups is 1. The van der Waals surface area contributed by atoms with E-state index in [0.717, 1.165) is 12.1 Å². The van der Waals surface area contributed by atoms with Crippen LogP contribution < -0.4 is 0 Å². The fourth-order valence-electron chi connectivity index (χ4n) is 1.77. The van der Waals surface area contributed by atoms with Crippen LogP contribution in [0.15, 0.2) is 54.6 Å². The Morgan fingerprint density at radius 2 is 1.58 bits per heavy atom. The Morgan fingerprint density at radius 1 is 1.00 bits per heavy atom. The fourth-order valence-corrected chi connectivity index (χ4v) is 1.77. The predicted molar refractivity (Wildman–Crippen MR) is 66.5 cm³/mol. The number of halogens is 2. The quantitative estimate of drug-likeness (QED) is 0.918. The summed E-state index contributed by atoms with van der Waals surface area (Å²) in [6.07, 6.45) is -1.92. The molecule has 1 atom stereocenters. The average Bonchev–Trinajstić information content (AvgIpc) is 2.47. The maximum atomic E-state index is 14.1. The van der Waals surface area contributed by atoms with E-state index in [1.165, 1.54) is 24.3 Å². The molecular formula is C15H11F2NO. The summed E-state index contributed by atoms with van der Waals surface area (Å²) in [5.74, 6) is -3.41. The molecule has 0 spiro atoms. The number of hydrogen-bond donors (Lipinski definition) is 1. The standard InChI is InChI=1S/C15H11F2NO/c16-15(17,13-8-6-11(10-18)7-9-13)14(19)12-4-2-1-3-5-12/h1-9,14,19H. The van der Waals surface area contributed by atoms with Crippen molar-refractivity contribution in [2.45, 2.75) is 12.0 Å². The minimum atomic E-state index is -3.41. The molecule has 2 nitrogen and oxygen atoms in total. The summed E-state index contributed by atoms with van der Waals surface area (Å²) in [6, 6.07) is 14.6. The van der Waals surface area contributed by atoms with Gasteiger partial charge in [-0.3, -0.25) is 0 Å². The molecule has 1 N–H and O–H groups in total. The normalized spacial score (nSPS) is 12.7. The van der Waals surface area contributed by atoms with E-state index in [9.17, 15) is 13.9 Å². The molecule has 19 heavy (non-hydrogen) atoms. The molecule has 1 unspecified atom stereocenters. The Hall–Kier alpha value is -2.25. The van der Waals surface area contributed by atoms with Crippen LogP contribution >= 0.6 is 0 Å². The zero-order chi connectivity index (χ0) is 13.9. The Bertz CT molecular complexity index is 588. The lowest BCUT2D eigenvalue weighted by Crippen LogP contribution is -2.23. The van der Waals surface area contributed by atoms with E-state index < -0.39 is 12.0 Å². The zero-order valence-electron chi connectivity index (χ0n) is 9.92. The summed E-state index contributed by atoms with van der Waals surface area (Å²) >= 11 is 0. The van der Waals surface area contributed by atoms with E-state index in [-0.39, 0.29) is 11.1 Å². The first kappa shape index (κ1) is 13.2. The van der Waals surface area contributed by atoms with Crippen molar-refractivity contribution in [2.75, 3.05) is 0 Å². The second-order valence-electron chi connectivity index (χ2n) is 4.13. The molecule has 0 fully saturated rings. The number of benzene rings is 2. The summed E-state index contributed by atoms with van der Waals surface area (Å²) in [6.45, 7) is 0. The molecular weight excluding hydrogens is 248 g/mol. The van der Waals surface area contributed by atoms with Gasteiger partial charge in [0.1, 0.15) is 6.10 Å². The van der Waals surface area contributed by atoms with Crippen LogP contribution in [0, 0.1) is 11.3 Å². The van der Waals surface area contributed by atoms with Gasteiger partial charge in [-0.05, 0) is 17.7 Å². The van der Waals surface area contributed by atoms with E-state index >= 15 is 0 Å². The van der Waals surface area contributed by atoms with Gasteiger partial charge in [0, 0.05) is 5.56 Å². The number of nitriles is 1. The summed E-state index contributed by atoms with van der Waals surface area (Å²) < 4.78 is 28.3. The maximum Gasteiger partial charge on any atom is 0.302 e. The Kier molecular flexibility index (Phi) is 3.59. The molecule has 2 aromatic rings. The smallest absolute Gasteiger partial charge is 0.302 e. The van der Waals surface area contributed by atoms with Gasteiger partial charge in [0.15, 0.2) is 0 Å². The number of nitrogens with zero attached hydrogens (tertiary/aromatic N) is 1. The summed E-state index contributed by atoms with van der Waals surface area (Å²) in [7, 11) is 0. The Morgan fingerprint density at radius 3 is 2.11 bits per heavy atom. The SMILES string of the molecule is N#Cc1ccc(C(F)(F)C(O)c2ccccc2)cc1. The number of rotatable bonds is 3. The van der Waals surface area contributed by atoms with Crippen molar-refractivity contribution in [3.63, 3.8) is 0 Å². The highest BCUT2D eigenvalue weighted by Crippen LogP contribution is 2.40. The maximum absolute atomic E-state index is 14.1. The number of alkyl halides is 2. The van der Waals surface area contributed by atoms with Gasteiger partial charge in [0.05, 0.1) is 11.6 Å². The Balaban J connectivity index is 2.33. The van der Waals surface area contributed by atoms with Crippen LogP contribution in [0.4, 0.5) is 8.78 Å². The minimum absolute atomic E-state index is 0.150. The molecule has 2 rings (SSSR count). The molecule has 0 aliphatic heterocycles. The molecule has 0 bridgehead atoms. The third kappa shape index (κ3) is 2.61. The van der Waals surface area contributed by atoms with Gasteiger partial charge in [-0.2, -0.15) is 14.0 Å². The zero-order valence-corrected chi connectivity index (χ0v) is 9.92. The predicted octanol–water partition coefficient (Wildman–Crippen LogP) is 3.38. The topological polar surface area (TPSA) is 44.0 Å². The van der Waals surface area contributed by atoms with E-state index in [2.05, 4.69) is 0 Å². The number of aliphatic hydroxyl groups excluding tert-OH is 1. The van der Waals surface area contributed by atoms with Gasteiger partial charge < -0.3 is 5.11 Å². The molecule has 0 aliphatic carbocycles. The lowest BCUT2D eigenvalue weighted by Gasteiger charge is -2.23. The van der Waals surface area contributed by atoms with Crippen molar-refractivity contribution in [3.8, 4) is 6.07 Å². The molecule has 0 saturated carbocycles. The molecule has 0 saturated heterocycles. The fraction of sp³-hybridized carbons (Fsp3) is 0.133. The highest BCUT2D eigenvalue weighted by molar-refractivity contribution is 5.35. The summed E-state index contributed by atoms with van der Waals surface area (Å²) in [5, 5.41) is 18.4. The van der Waals surface area contributed by atoms with Crippen molar-refractivity contribution in [1.82, 2.24) is 0 Å². The molecule has 0 aliphatic rings. The third-order valence-corrected chi connectivity index (χ3v) is 2.86. The van der Waals surface area contributed by atoms with Crippen LogP contribution in [0.25, 0.3) is 0 Å². The van der Waals surface area contributed by atoms with Crippen molar-refractivity contribution in [2.24, 2.45) is 0 Å². The molecule has 4 heteroatoms. The van der Waals surface area contributed by atoms with Crippen molar-refractivity contribution in [3.05, 3.63) is 71.3 Å². The third-order valence-electron chi connectivity index (χ3n) is 2.86. The monoisotopic (exact) mass is 259 g/mol. The molecule has 0 radical (unpaired) electrons. The van der Waals surface area contributed by atoms with Gasteiger partial charge in [-0.25, -0.2) is 0 Å². The molecule has 2 aromatic carbocycles. The van der Waals surface area contributed by atoms with Crippen LogP contribution in [-0.2, 0) is 5.92 Å². The van der Waals surface area contributed by atoms with E-state index in [1.54, 1.807) is 18.2 Å². The first-order chi connectivity index (χ1) is 9.05. The van der Waals surface area contributed by atoms with Crippen LogP contribution in [-0.4, -0.2) is 5.11 Å². The lowest BCUT2D eigenvalue weighted by atomic mass is 9.96. The first-order valence-corrected chi connectivity index (χ1v) is 5.67. The largest absolute Gasteiger partial charge is 0.382 e. The van der Waals surface area contributed by atoms with E-state index in [1.807, 2.05) is 6.07 Å². The first-order valence-electron chi connectivity index (χ1n) is 5.67. The van der Waals surface area contributed by atoms with Gasteiger partial charge in [-0.15, -0.1) is 0 Å². The van der Waals surface area contributed by atoms with Crippen LogP contribution in [0.3, 0.4) is 0 Å². The molecule has 0 aromatic heterocycles. The number of hydrogen-bond acceptors (Lipinski definition) is 2. The highest BCUT2D eigenvalue weighted by Gasteiger charge is 2.41. The summed E-state index contributed by atoms with van der Waals surface area (Å²) in [4.78, 5) is 0. The highest BCUT2D eigenvalue weighted by atomic mass is 19.3. The average molecular weight is 259 g/mol.